The molecule has 0 aliphatic heterocycles. The van der Waals surface area contributed by atoms with Crippen molar-refractivity contribution < 1.29 is 4.39 Å². The van der Waals surface area contributed by atoms with E-state index < -0.39 is 0 Å². The Morgan fingerprint density at radius 2 is 2.07 bits per heavy atom. The number of halogens is 1. The van der Waals surface area contributed by atoms with Crippen LogP contribution in [0.5, 0.6) is 0 Å². The number of aromatic nitrogens is 1. The molecule has 0 aliphatic rings. The van der Waals surface area contributed by atoms with E-state index in [2.05, 4.69) is 14.2 Å². The topological polar surface area (TPSA) is 12.9 Å². The van der Waals surface area contributed by atoms with Gasteiger partial charge in [-0.1, -0.05) is 27.7 Å². The van der Waals surface area contributed by atoms with E-state index in [4.69, 9.17) is 0 Å². The van der Waals surface area contributed by atoms with E-state index in [0.717, 1.165) is 6.42 Å². The minimum absolute atomic E-state index is 0.225. The molecular formula is C11H19FNP. The van der Waals surface area contributed by atoms with Crippen molar-refractivity contribution >= 4 is 9.24 Å². The minimum atomic E-state index is -0.245. The second-order valence-electron chi connectivity index (χ2n) is 3.10. The molecular weight excluding hydrogens is 196 g/mol. The fourth-order valence-corrected chi connectivity index (χ4v) is 1.19. The third-order valence-corrected chi connectivity index (χ3v) is 2.72. The van der Waals surface area contributed by atoms with Crippen LogP contribution in [0.4, 0.5) is 4.39 Å². The van der Waals surface area contributed by atoms with Crippen molar-refractivity contribution in [3.05, 3.63) is 29.8 Å². The van der Waals surface area contributed by atoms with Gasteiger partial charge in [0.2, 0.25) is 0 Å². The van der Waals surface area contributed by atoms with Gasteiger partial charge in [0.15, 0.2) is 0 Å². The molecule has 1 heterocycles. The number of rotatable bonds is 2. The van der Waals surface area contributed by atoms with Gasteiger partial charge in [-0.3, -0.25) is 4.98 Å². The standard InChI is InChI=1S/C9H13FNP.C2H6/c1-3-9(2,12)8-7(10)5-4-6-11-8;1-2/h4-6H,3,12H2,1-2H3;1-2H3. The molecule has 0 fully saturated rings. The molecule has 1 aromatic heterocycles. The molecule has 0 radical (unpaired) electrons. The van der Waals surface area contributed by atoms with Gasteiger partial charge in [0.25, 0.3) is 0 Å². The second-order valence-corrected chi connectivity index (χ2v) is 4.38. The van der Waals surface area contributed by atoms with Crippen LogP contribution in [0.3, 0.4) is 0 Å². The van der Waals surface area contributed by atoms with E-state index in [-0.39, 0.29) is 11.0 Å². The average Bonchev–Trinajstić information content (AvgIpc) is 2.21. The SMILES string of the molecule is CC.CCC(C)(P)c1ncccc1F. The molecule has 0 amide bonds. The van der Waals surface area contributed by atoms with Crippen molar-refractivity contribution in [2.45, 2.75) is 39.3 Å². The van der Waals surface area contributed by atoms with Crippen LogP contribution in [-0.2, 0) is 5.16 Å². The van der Waals surface area contributed by atoms with Crippen LogP contribution in [0, 0.1) is 5.82 Å². The molecule has 0 aliphatic carbocycles. The number of pyridine rings is 1. The summed E-state index contributed by atoms with van der Waals surface area (Å²) in [6.45, 7) is 7.98. The zero-order valence-electron chi connectivity index (χ0n) is 9.34. The maximum Gasteiger partial charge on any atom is 0.145 e. The van der Waals surface area contributed by atoms with E-state index >= 15 is 0 Å². The molecule has 0 aromatic carbocycles. The molecule has 3 heteroatoms. The van der Waals surface area contributed by atoms with Crippen LogP contribution in [0.2, 0.25) is 0 Å². The first-order valence-electron chi connectivity index (χ1n) is 4.98. The largest absolute Gasteiger partial charge is 0.257 e. The first-order valence-corrected chi connectivity index (χ1v) is 5.55. The van der Waals surface area contributed by atoms with Gasteiger partial charge in [-0.2, -0.15) is 0 Å². The summed E-state index contributed by atoms with van der Waals surface area (Å²) in [5, 5.41) is -0.245. The zero-order chi connectivity index (χ0) is 11.2. The fourth-order valence-electron chi connectivity index (χ4n) is 0.973. The molecule has 0 saturated carbocycles. The Hall–Kier alpha value is -0.490. The highest BCUT2D eigenvalue weighted by atomic mass is 31.0. The average molecular weight is 215 g/mol. The molecule has 1 rings (SSSR count). The Labute approximate surface area is 88.3 Å². The molecule has 80 valence electrons. The van der Waals surface area contributed by atoms with E-state index in [0.29, 0.717) is 5.69 Å². The molecule has 1 nitrogen and oxygen atoms in total. The van der Waals surface area contributed by atoms with Crippen molar-refractivity contribution in [2.24, 2.45) is 0 Å². The van der Waals surface area contributed by atoms with Crippen LogP contribution in [0.25, 0.3) is 0 Å². The van der Waals surface area contributed by atoms with Crippen molar-refractivity contribution in [1.82, 2.24) is 4.98 Å². The Bertz CT molecular complexity index is 274. The first-order chi connectivity index (χ1) is 6.58. The van der Waals surface area contributed by atoms with E-state index in [9.17, 15) is 4.39 Å². The second kappa shape index (κ2) is 6.08. The van der Waals surface area contributed by atoms with Crippen molar-refractivity contribution in [1.29, 1.82) is 0 Å². The van der Waals surface area contributed by atoms with Crippen LogP contribution in [-0.4, -0.2) is 4.98 Å². The third-order valence-electron chi connectivity index (χ3n) is 2.03. The summed E-state index contributed by atoms with van der Waals surface area (Å²) in [6.07, 6.45) is 2.47. The van der Waals surface area contributed by atoms with Gasteiger partial charge in [0.1, 0.15) is 5.82 Å². The first kappa shape index (κ1) is 13.5. The van der Waals surface area contributed by atoms with Gasteiger partial charge in [-0.05, 0) is 18.6 Å². The maximum atomic E-state index is 13.2. The Morgan fingerprint density at radius 3 is 2.50 bits per heavy atom. The van der Waals surface area contributed by atoms with Crippen molar-refractivity contribution in [3.8, 4) is 0 Å². The lowest BCUT2D eigenvalue weighted by Gasteiger charge is -2.21. The third kappa shape index (κ3) is 3.34. The minimum Gasteiger partial charge on any atom is -0.257 e. The fraction of sp³-hybridized carbons (Fsp3) is 0.545. The van der Waals surface area contributed by atoms with Gasteiger partial charge in [-0.15, -0.1) is 9.24 Å². The lowest BCUT2D eigenvalue weighted by atomic mass is 10.0. The normalized spacial score (nSPS) is 13.9. The summed E-state index contributed by atoms with van der Waals surface area (Å²) in [5.74, 6) is -0.225. The molecule has 14 heavy (non-hydrogen) atoms. The van der Waals surface area contributed by atoms with Crippen LogP contribution >= 0.6 is 9.24 Å². The molecule has 0 N–H and O–H groups in total. The van der Waals surface area contributed by atoms with Gasteiger partial charge in [0.05, 0.1) is 5.69 Å². The van der Waals surface area contributed by atoms with Crippen molar-refractivity contribution in [3.63, 3.8) is 0 Å². The van der Waals surface area contributed by atoms with Gasteiger partial charge < -0.3 is 0 Å². The smallest absolute Gasteiger partial charge is 0.145 e. The van der Waals surface area contributed by atoms with Gasteiger partial charge >= 0.3 is 0 Å². The Morgan fingerprint density at radius 1 is 1.50 bits per heavy atom. The number of hydrogen-bond acceptors (Lipinski definition) is 1. The Kier molecular flexibility index (Phi) is 5.87. The summed E-state index contributed by atoms with van der Waals surface area (Å²) in [6, 6.07) is 3.05. The highest BCUT2D eigenvalue weighted by Gasteiger charge is 2.23. The van der Waals surface area contributed by atoms with Crippen LogP contribution in [0.1, 0.15) is 39.8 Å². The summed E-state index contributed by atoms with van der Waals surface area (Å²) in [7, 11) is 2.64. The van der Waals surface area contributed by atoms with Crippen molar-refractivity contribution in [2.75, 3.05) is 0 Å². The van der Waals surface area contributed by atoms with Gasteiger partial charge in [0, 0.05) is 11.4 Å². The molecule has 0 bridgehead atoms. The summed E-state index contributed by atoms with van der Waals surface area (Å²) < 4.78 is 13.2. The highest BCUT2D eigenvalue weighted by Crippen LogP contribution is 2.33. The van der Waals surface area contributed by atoms with Crippen LogP contribution in [0.15, 0.2) is 18.3 Å². The maximum absolute atomic E-state index is 13.2. The highest BCUT2D eigenvalue weighted by molar-refractivity contribution is 7.18. The Balaban J connectivity index is 0.000000791. The van der Waals surface area contributed by atoms with Crippen LogP contribution < -0.4 is 0 Å². The predicted molar refractivity (Wildman–Crippen MR) is 62.9 cm³/mol. The lowest BCUT2D eigenvalue weighted by Crippen LogP contribution is -2.15. The van der Waals surface area contributed by atoms with E-state index in [1.165, 1.54) is 6.07 Å². The number of nitrogens with zero attached hydrogens (tertiary/aromatic N) is 1. The molecule has 1 aromatic rings. The summed E-state index contributed by atoms with van der Waals surface area (Å²) >= 11 is 0. The number of hydrogen-bond donors (Lipinski definition) is 0. The monoisotopic (exact) mass is 215 g/mol. The quantitative estimate of drug-likeness (QED) is 0.685. The summed E-state index contributed by atoms with van der Waals surface area (Å²) in [4.78, 5) is 4.02. The predicted octanol–water partition coefficient (Wildman–Crippen LogP) is 3.75. The molecule has 2 unspecified atom stereocenters. The molecule has 2 atom stereocenters. The van der Waals surface area contributed by atoms with Gasteiger partial charge in [-0.25, -0.2) is 4.39 Å². The molecule has 0 saturated heterocycles. The molecule has 0 spiro atoms. The lowest BCUT2D eigenvalue weighted by molar-refractivity contribution is 0.544. The van der Waals surface area contributed by atoms with E-state index in [1.54, 1.807) is 12.3 Å². The zero-order valence-corrected chi connectivity index (χ0v) is 10.5. The van der Waals surface area contributed by atoms with E-state index in [1.807, 2.05) is 27.7 Å². The summed E-state index contributed by atoms with van der Waals surface area (Å²) in [5.41, 5.74) is 0.525.